The minimum Gasteiger partial charge on any atom is -0.496 e. The number of rotatable bonds is 4. The van der Waals surface area contributed by atoms with Gasteiger partial charge in [0.2, 0.25) is 0 Å². The van der Waals surface area contributed by atoms with Crippen LogP contribution >= 0.6 is 0 Å². The number of carbonyl (C=O) groups is 1. The van der Waals surface area contributed by atoms with Crippen LogP contribution < -0.4 is 14.2 Å². The predicted octanol–water partition coefficient (Wildman–Crippen LogP) is 2.87. The Morgan fingerprint density at radius 2 is 1.95 bits per heavy atom. The zero-order valence-electron chi connectivity index (χ0n) is 12.1. The Bertz CT molecular complexity index is 477. The van der Waals surface area contributed by atoms with Crippen LogP contribution in [0.25, 0.3) is 0 Å². The van der Waals surface area contributed by atoms with Gasteiger partial charge in [-0.2, -0.15) is 0 Å². The summed E-state index contributed by atoms with van der Waals surface area (Å²) in [5.41, 5.74) is 0.781. The molecule has 1 unspecified atom stereocenters. The van der Waals surface area contributed by atoms with Gasteiger partial charge in [0.25, 0.3) is 0 Å². The molecule has 1 fully saturated rings. The van der Waals surface area contributed by atoms with E-state index in [4.69, 9.17) is 18.9 Å². The highest BCUT2D eigenvalue weighted by atomic mass is 16.5. The maximum absolute atomic E-state index is 11.3. The molecule has 1 aliphatic heterocycles. The Kier molecular flexibility index (Phi) is 4.84. The van der Waals surface area contributed by atoms with E-state index in [9.17, 15) is 4.79 Å². The lowest BCUT2D eigenvalue weighted by Gasteiger charge is -2.26. The van der Waals surface area contributed by atoms with Crippen molar-refractivity contribution in [2.45, 2.75) is 32.3 Å². The molecule has 110 valence electrons. The SMILES string of the molecule is COc1cc(OC)c(C2CCCCO2)c(OC(C)=O)c1. The van der Waals surface area contributed by atoms with Crippen molar-refractivity contribution in [3.63, 3.8) is 0 Å². The number of esters is 1. The normalized spacial score (nSPS) is 18.4. The molecule has 0 bridgehead atoms. The molecule has 5 heteroatoms. The van der Waals surface area contributed by atoms with E-state index in [-0.39, 0.29) is 12.1 Å². The number of hydrogen-bond donors (Lipinski definition) is 0. The molecule has 0 amide bonds. The molecule has 0 spiro atoms. The van der Waals surface area contributed by atoms with Gasteiger partial charge in [-0.1, -0.05) is 0 Å². The number of hydrogen-bond acceptors (Lipinski definition) is 5. The van der Waals surface area contributed by atoms with Crippen molar-refractivity contribution in [3.05, 3.63) is 17.7 Å². The zero-order valence-corrected chi connectivity index (χ0v) is 12.1. The quantitative estimate of drug-likeness (QED) is 0.627. The molecule has 0 N–H and O–H groups in total. The minimum atomic E-state index is -0.377. The van der Waals surface area contributed by atoms with Gasteiger partial charge >= 0.3 is 5.97 Å². The Hall–Kier alpha value is -1.75. The summed E-state index contributed by atoms with van der Waals surface area (Å²) in [6.45, 7) is 2.08. The maximum Gasteiger partial charge on any atom is 0.308 e. The second-order valence-corrected chi connectivity index (χ2v) is 4.69. The van der Waals surface area contributed by atoms with Crippen LogP contribution in [-0.4, -0.2) is 26.8 Å². The molecule has 0 radical (unpaired) electrons. The van der Waals surface area contributed by atoms with E-state index in [1.165, 1.54) is 6.92 Å². The summed E-state index contributed by atoms with van der Waals surface area (Å²) in [5.74, 6) is 1.27. The molecule has 1 aromatic rings. The summed E-state index contributed by atoms with van der Waals surface area (Å²) in [7, 11) is 3.14. The lowest BCUT2D eigenvalue weighted by molar-refractivity contribution is -0.132. The highest BCUT2D eigenvalue weighted by Crippen LogP contribution is 2.42. The second kappa shape index (κ2) is 6.61. The fourth-order valence-electron chi connectivity index (χ4n) is 2.39. The summed E-state index contributed by atoms with van der Waals surface area (Å²) < 4.78 is 21.7. The smallest absolute Gasteiger partial charge is 0.308 e. The largest absolute Gasteiger partial charge is 0.496 e. The molecular formula is C15H20O5. The molecule has 0 aromatic heterocycles. The van der Waals surface area contributed by atoms with Crippen molar-refractivity contribution in [2.24, 2.45) is 0 Å². The summed E-state index contributed by atoms with van der Waals surface area (Å²) in [6.07, 6.45) is 2.91. The van der Waals surface area contributed by atoms with E-state index in [0.29, 0.717) is 23.9 Å². The molecule has 1 heterocycles. The number of carbonyl (C=O) groups excluding carboxylic acids is 1. The highest BCUT2D eigenvalue weighted by molar-refractivity contribution is 5.71. The summed E-state index contributed by atoms with van der Waals surface area (Å²) >= 11 is 0. The number of ether oxygens (including phenoxy) is 4. The fourth-order valence-corrected chi connectivity index (χ4v) is 2.39. The number of methoxy groups -OCH3 is 2. The topological polar surface area (TPSA) is 54.0 Å². The van der Waals surface area contributed by atoms with Gasteiger partial charge in [0, 0.05) is 25.7 Å². The van der Waals surface area contributed by atoms with Crippen LogP contribution in [0.5, 0.6) is 17.2 Å². The van der Waals surface area contributed by atoms with Gasteiger partial charge in [-0.25, -0.2) is 0 Å². The van der Waals surface area contributed by atoms with Crippen LogP contribution in [0, 0.1) is 0 Å². The van der Waals surface area contributed by atoms with Crippen molar-refractivity contribution in [1.82, 2.24) is 0 Å². The van der Waals surface area contributed by atoms with Crippen LogP contribution in [0.15, 0.2) is 12.1 Å². The predicted molar refractivity (Wildman–Crippen MR) is 73.4 cm³/mol. The molecular weight excluding hydrogens is 260 g/mol. The Labute approximate surface area is 118 Å². The molecule has 0 aliphatic carbocycles. The highest BCUT2D eigenvalue weighted by Gasteiger charge is 2.26. The van der Waals surface area contributed by atoms with Gasteiger partial charge in [0.05, 0.1) is 25.9 Å². The van der Waals surface area contributed by atoms with Gasteiger partial charge in [-0.05, 0) is 19.3 Å². The molecule has 1 aliphatic rings. The molecule has 0 saturated carbocycles. The molecule has 1 aromatic carbocycles. The first-order chi connectivity index (χ1) is 9.65. The third-order valence-corrected chi connectivity index (χ3v) is 3.29. The van der Waals surface area contributed by atoms with Crippen LogP contribution in [0.3, 0.4) is 0 Å². The molecule has 1 saturated heterocycles. The molecule has 2 rings (SSSR count). The van der Waals surface area contributed by atoms with E-state index < -0.39 is 0 Å². The summed E-state index contributed by atoms with van der Waals surface area (Å²) in [4.78, 5) is 11.3. The molecule has 20 heavy (non-hydrogen) atoms. The first-order valence-corrected chi connectivity index (χ1v) is 6.71. The Morgan fingerprint density at radius 1 is 1.20 bits per heavy atom. The second-order valence-electron chi connectivity index (χ2n) is 4.69. The van der Waals surface area contributed by atoms with Crippen molar-refractivity contribution in [1.29, 1.82) is 0 Å². The van der Waals surface area contributed by atoms with E-state index >= 15 is 0 Å². The van der Waals surface area contributed by atoms with Gasteiger partial charge in [0.1, 0.15) is 17.2 Å². The van der Waals surface area contributed by atoms with Crippen molar-refractivity contribution in [3.8, 4) is 17.2 Å². The summed E-state index contributed by atoms with van der Waals surface area (Å²) in [5, 5.41) is 0. The maximum atomic E-state index is 11.3. The van der Waals surface area contributed by atoms with Crippen molar-refractivity contribution >= 4 is 5.97 Å². The van der Waals surface area contributed by atoms with E-state index in [1.807, 2.05) is 0 Å². The van der Waals surface area contributed by atoms with Crippen LogP contribution in [-0.2, 0) is 9.53 Å². The Balaban J connectivity index is 2.45. The third kappa shape index (κ3) is 3.22. The average molecular weight is 280 g/mol. The first-order valence-electron chi connectivity index (χ1n) is 6.71. The summed E-state index contributed by atoms with van der Waals surface area (Å²) in [6, 6.07) is 3.47. The average Bonchev–Trinajstić information content (AvgIpc) is 2.46. The Morgan fingerprint density at radius 3 is 2.50 bits per heavy atom. The number of benzene rings is 1. The van der Waals surface area contributed by atoms with Gasteiger partial charge < -0.3 is 18.9 Å². The van der Waals surface area contributed by atoms with Crippen LogP contribution in [0.4, 0.5) is 0 Å². The van der Waals surface area contributed by atoms with Gasteiger partial charge in [-0.3, -0.25) is 4.79 Å². The third-order valence-electron chi connectivity index (χ3n) is 3.29. The monoisotopic (exact) mass is 280 g/mol. The van der Waals surface area contributed by atoms with E-state index in [2.05, 4.69) is 0 Å². The molecule has 5 nitrogen and oxygen atoms in total. The molecule has 1 atom stereocenters. The van der Waals surface area contributed by atoms with Crippen molar-refractivity contribution < 1.29 is 23.7 Å². The van der Waals surface area contributed by atoms with Crippen LogP contribution in [0.2, 0.25) is 0 Å². The standard InChI is InChI=1S/C15H20O5/c1-10(16)20-14-9-11(17-2)8-13(18-3)15(14)12-6-4-5-7-19-12/h8-9,12H,4-7H2,1-3H3. The lowest BCUT2D eigenvalue weighted by Crippen LogP contribution is -2.15. The fraction of sp³-hybridized carbons (Fsp3) is 0.533. The first kappa shape index (κ1) is 14.7. The van der Waals surface area contributed by atoms with Gasteiger partial charge in [-0.15, -0.1) is 0 Å². The minimum absolute atomic E-state index is 0.112. The van der Waals surface area contributed by atoms with Crippen molar-refractivity contribution in [2.75, 3.05) is 20.8 Å². The zero-order chi connectivity index (χ0) is 14.5. The van der Waals surface area contributed by atoms with Crippen LogP contribution in [0.1, 0.15) is 37.9 Å². The lowest BCUT2D eigenvalue weighted by atomic mass is 9.99. The van der Waals surface area contributed by atoms with E-state index in [1.54, 1.807) is 26.4 Å². The van der Waals surface area contributed by atoms with Gasteiger partial charge in [0.15, 0.2) is 0 Å². The van der Waals surface area contributed by atoms with E-state index in [0.717, 1.165) is 24.8 Å².